The van der Waals surface area contributed by atoms with E-state index in [1.54, 1.807) is 54.5 Å². The minimum atomic E-state index is -0.728. The number of halogens is 4. The Morgan fingerprint density at radius 3 is 2.54 bits per heavy atom. The number of nitrogens with zero attached hydrogens (tertiary/aromatic N) is 4. The summed E-state index contributed by atoms with van der Waals surface area (Å²) in [6, 6.07) is 13.7. The number of benzene rings is 3. The number of hydrogen-bond donors (Lipinski definition) is 2. The molecule has 1 amide bonds. The van der Waals surface area contributed by atoms with Crippen LogP contribution < -0.4 is 10.6 Å². The first-order valence-electron chi connectivity index (χ1n) is 12.4. The maximum Gasteiger partial charge on any atom is 0.255 e. The summed E-state index contributed by atoms with van der Waals surface area (Å²) in [5.74, 6) is -1.42. The second-order valence-corrected chi connectivity index (χ2v) is 10.0. The van der Waals surface area contributed by atoms with Gasteiger partial charge in [-0.3, -0.25) is 9.79 Å². The molecule has 0 unspecified atom stereocenters. The van der Waals surface area contributed by atoms with Gasteiger partial charge < -0.3 is 15.5 Å². The van der Waals surface area contributed by atoms with Crippen molar-refractivity contribution in [1.82, 2.24) is 20.2 Å². The summed E-state index contributed by atoms with van der Waals surface area (Å²) in [5, 5.41) is 6.86. The zero-order valence-electron chi connectivity index (χ0n) is 21.6. The van der Waals surface area contributed by atoms with Crippen molar-refractivity contribution in [3.05, 3.63) is 105 Å². The van der Waals surface area contributed by atoms with Gasteiger partial charge in [0.05, 0.1) is 34.1 Å². The van der Waals surface area contributed by atoms with Crippen LogP contribution in [0.4, 0.5) is 20.4 Å². The Balaban J connectivity index is 0.00000387. The molecule has 0 spiro atoms. The molecule has 11 heteroatoms. The lowest BCUT2D eigenvalue weighted by Gasteiger charge is -2.18. The van der Waals surface area contributed by atoms with E-state index < -0.39 is 11.6 Å². The number of anilines is 2. The molecule has 4 aromatic rings. The number of nitrogens with one attached hydrogen (secondary N) is 2. The summed E-state index contributed by atoms with van der Waals surface area (Å²) in [6.45, 7) is 1.26. The van der Waals surface area contributed by atoms with Gasteiger partial charge in [0.25, 0.3) is 5.91 Å². The van der Waals surface area contributed by atoms with Crippen LogP contribution in [0, 0.1) is 11.6 Å². The Labute approximate surface area is 247 Å². The summed E-state index contributed by atoms with van der Waals surface area (Å²) in [6.07, 6.45) is 1.61. The van der Waals surface area contributed by atoms with Crippen LogP contribution in [-0.4, -0.2) is 53.7 Å². The largest absolute Gasteiger partial charge is 0.340 e. The molecule has 212 valence electrons. The monoisotopic (exact) mass is 596 g/mol. The van der Waals surface area contributed by atoms with Crippen LogP contribution >= 0.6 is 23.2 Å². The molecule has 0 aliphatic carbocycles. The molecule has 0 fully saturated rings. The number of likely N-dealkylation sites (N-methyl/N-ethyl adjacent to an activating group) is 2. The minimum Gasteiger partial charge on any atom is -0.340 e. The van der Waals surface area contributed by atoms with Crippen LogP contribution in [0.3, 0.4) is 0 Å². The highest BCUT2D eigenvalue weighted by atomic mass is 35.5. The van der Waals surface area contributed by atoms with E-state index in [1.165, 1.54) is 18.2 Å². The van der Waals surface area contributed by atoms with Gasteiger partial charge in [0.1, 0.15) is 11.6 Å². The van der Waals surface area contributed by atoms with Gasteiger partial charge in [-0.1, -0.05) is 42.8 Å². The van der Waals surface area contributed by atoms with Gasteiger partial charge in [0, 0.05) is 53.7 Å². The van der Waals surface area contributed by atoms with Gasteiger partial charge >= 0.3 is 0 Å². The first-order valence-corrected chi connectivity index (χ1v) is 13.1. The molecule has 0 radical (unpaired) electrons. The number of carbonyl (C=O) groups is 1. The highest BCUT2D eigenvalue weighted by molar-refractivity contribution is 6.34. The van der Waals surface area contributed by atoms with Crippen molar-refractivity contribution in [3.63, 3.8) is 0 Å². The average molecular weight is 597 g/mol. The van der Waals surface area contributed by atoms with Gasteiger partial charge in [-0.25, -0.2) is 18.7 Å². The molecule has 1 aromatic heterocycles. The molecule has 7 nitrogen and oxygen atoms in total. The van der Waals surface area contributed by atoms with Gasteiger partial charge in [-0.15, -0.1) is 0 Å². The molecular weight excluding hydrogens is 569 g/mol. The predicted octanol–water partition coefficient (Wildman–Crippen LogP) is 6.75. The molecule has 5 rings (SSSR count). The number of amides is 1. The van der Waals surface area contributed by atoms with Crippen LogP contribution in [0.15, 0.2) is 65.8 Å². The molecule has 0 saturated carbocycles. The first kappa shape index (κ1) is 30.0. The van der Waals surface area contributed by atoms with E-state index >= 15 is 0 Å². The minimum absolute atomic E-state index is 0. The standard InChI is InChI=1S/C29H24Cl2F2N6O.CH4/c1-34-10-11-39(2)28(40)21-13-18(7-9-22(21)31)37-29-36-15-16-14-35-27(25-23(32)4-3-5-24(25)33)20-12-17(30)6-8-19(20)26(16)38-29;/h3-9,12-13,15,34H,10-11,14H2,1-2H3,(H,36,37,38);1H4. The van der Waals surface area contributed by atoms with Gasteiger partial charge in [0.2, 0.25) is 5.95 Å². The van der Waals surface area contributed by atoms with E-state index in [1.807, 2.05) is 7.05 Å². The SMILES string of the molecule is C.CNCCN(C)C(=O)c1cc(Nc2ncc3c(n2)-c2ccc(Cl)cc2C(c2c(F)cccc2F)=NC3)ccc1Cl. The van der Waals surface area contributed by atoms with Crippen molar-refractivity contribution >= 4 is 46.5 Å². The Morgan fingerprint density at radius 2 is 1.80 bits per heavy atom. The second kappa shape index (κ2) is 12.7. The fourth-order valence-electron chi connectivity index (χ4n) is 4.40. The highest BCUT2D eigenvalue weighted by Crippen LogP contribution is 2.35. The molecular formula is C30H28Cl2F2N6O. The van der Waals surface area contributed by atoms with Crippen molar-refractivity contribution in [2.75, 3.05) is 32.5 Å². The molecule has 0 bridgehead atoms. The quantitative estimate of drug-likeness (QED) is 0.246. The van der Waals surface area contributed by atoms with Crippen molar-refractivity contribution in [2.45, 2.75) is 14.0 Å². The maximum atomic E-state index is 14.8. The third kappa shape index (κ3) is 6.22. The van der Waals surface area contributed by atoms with Crippen molar-refractivity contribution in [3.8, 4) is 11.3 Å². The molecule has 2 heterocycles. The Hall–Kier alpha value is -3.92. The van der Waals surface area contributed by atoms with Crippen LogP contribution in [0.2, 0.25) is 10.0 Å². The van der Waals surface area contributed by atoms with Crippen molar-refractivity contribution in [1.29, 1.82) is 0 Å². The van der Waals surface area contributed by atoms with Gasteiger partial charge in [-0.05, 0) is 49.5 Å². The number of hydrogen-bond acceptors (Lipinski definition) is 6. The second-order valence-electron chi connectivity index (χ2n) is 9.17. The lowest BCUT2D eigenvalue weighted by molar-refractivity contribution is 0.0797. The topological polar surface area (TPSA) is 82.5 Å². The summed E-state index contributed by atoms with van der Waals surface area (Å²) < 4.78 is 29.6. The molecule has 1 aliphatic rings. The third-order valence-corrected chi connectivity index (χ3v) is 7.02. The van der Waals surface area contributed by atoms with Gasteiger partial charge in [0.15, 0.2) is 0 Å². The lowest BCUT2D eigenvalue weighted by Crippen LogP contribution is -2.32. The summed E-state index contributed by atoms with van der Waals surface area (Å²) >= 11 is 12.6. The number of rotatable bonds is 7. The number of aromatic nitrogens is 2. The zero-order valence-corrected chi connectivity index (χ0v) is 23.1. The Kier molecular flexibility index (Phi) is 9.32. The van der Waals surface area contributed by atoms with Crippen LogP contribution in [-0.2, 0) is 6.54 Å². The number of aliphatic imine (C=N–C) groups is 1. The Bertz CT molecular complexity index is 1630. The number of carbonyl (C=O) groups excluding carboxylic acids is 1. The van der Waals surface area contributed by atoms with E-state index in [0.717, 1.165) is 0 Å². The van der Waals surface area contributed by atoms with Gasteiger partial charge in [-0.2, -0.15) is 0 Å². The van der Waals surface area contributed by atoms with E-state index in [9.17, 15) is 13.6 Å². The van der Waals surface area contributed by atoms with Crippen LogP contribution in [0.25, 0.3) is 11.3 Å². The molecule has 3 aromatic carbocycles. The zero-order chi connectivity index (χ0) is 28.4. The van der Waals surface area contributed by atoms with E-state index in [4.69, 9.17) is 28.2 Å². The first-order chi connectivity index (χ1) is 19.3. The van der Waals surface area contributed by atoms with E-state index in [-0.39, 0.29) is 37.1 Å². The number of fused-ring (bicyclic) bond motifs is 3. The van der Waals surface area contributed by atoms with Crippen molar-refractivity contribution < 1.29 is 13.6 Å². The fraction of sp³-hybridized carbons (Fsp3) is 0.200. The van der Waals surface area contributed by atoms with Crippen LogP contribution in [0.1, 0.15) is 34.5 Å². The molecule has 1 aliphatic heterocycles. The van der Waals surface area contributed by atoms with E-state index in [2.05, 4.69) is 20.6 Å². The van der Waals surface area contributed by atoms with Crippen molar-refractivity contribution in [2.24, 2.45) is 4.99 Å². The molecule has 0 atom stereocenters. The third-order valence-electron chi connectivity index (χ3n) is 6.46. The van der Waals surface area contributed by atoms with Crippen LogP contribution in [0.5, 0.6) is 0 Å². The lowest BCUT2D eigenvalue weighted by atomic mass is 9.95. The predicted molar refractivity (Wildman–Crippen MR) is 161 cm³/mol. The summed E-state index contributed by atoms with van der Waals surface area (Å²) in [5.41, 5.74) is 3.06. The summed E-state index contributed by atoms with van der Waals surface area (Å²) in [7, 11) is 3.52. The Morgan fingerprint density at radius 1 is 1.05 bits per heavy atom. The molecule has 2 N–H and O–H groups in total. The highest BCUT2D eigenvalue weighted by Gasteiger charge is 2.25. The molecule has 41 heavy (non-hydrogen) atoms. The maximum absolute atomic E-state index is 14.8. The smallest absolute Gasteiger partial charge is 0.255 e. The van der Waals surface area contributed by atoms with E-state index in [0.29, 0.717) is 56.8 Å². The average Bonchev–Trinajstić information content (AvgIpc) is 3.09. The fourth-order valence-corrected chi connectivity index (χ4v) is 4.78. The summed E-state index contributed by atoms with van der Waals surface area (Å²) in [4.78, 5) is 28.2. The normalized spacial score (nSPS) is 11.9. The molecule has 0 saturated heterocycles.